The monoisotopic (exact) mass is 267 g/mol. The molecule has 1 amide bonds. The Kier molecular flexibility index (Phi) is 3.93. The van der Waals surface area contributed by atoms with Gasteiger partial charge in [-0.3, -0.25) is 4.79 Å². The third-order valence-electron chi connectivity index (χ3n) is 3.34. The zero-order chi connectivity index (χ0) is 13.2. The first-order chi connectivity index (χ1) is 8.53. The van der Waals surface area contributed by atoms with Crippen LogP contribution in [0.25, 0.3) is 0 Å². The number of carbonyl (C=O) groups is 1. The molecule has 0 bridgehead atoms. The van der Waals surface area contributed by atoms with Crippen molar-refractivity contribution in [1.29, 1.82) is 0 Å². The molecule has 3 nitrogen and oxygen atoms in total. The Morgan fingerprint density at radius 2 is 2.22 bits per heavy atom. The Morgan fingerprint density at radius 1 is 1.50 bits per heavy atom. The Morgan fingerprint density at radius 3 is 2.83 bits per heavy atom. The zero-order valence-electron chi connectivity index (χ0n) is 10.7. The minimum atomic E-state index is -0.706. The fraction of sp³-hybridized carbons (Fsp3) is 0.500. The molecule has 18 heavy (non-hydrogen) atoms. The fourth-order valence-corrected chi connectivity index (χ4v) is 2.36. The van der Waals surface area contributed by atoms with Crippen molar-refractivity contribution in [3.63, 3.8) is 0 Å². The standard InChI is InChI=1S/C14H18ClNO2/c1-10(15)11-6-3-4-7-12(11)16-13(17)14(2)8-5-9-18-14/h3-4,6-7,10H,5,8-9H2,1-2H3,(H,16,17). The second-order valence-corrected chi connectivity index (χ2v) is 5.49. The number of para-hydroxylation sites is 1. The summed E-state index contributed by atoms with van der Waals surface area (Å²) in [6.45, 7) is 4.37. The Hall–Kier alpha value is -1.06. The first-order valence-electron chi connectivity index (χ1n) is 6.21. The van der Waals surface area contributed by atoms with Crippen LogP contribution in [0.5, 0.6) is 0 Å². The minimum Gasteiger partial charge on any atom is -0.365 e. The van der Waals surface area contributed by atoms with Crippen molar-refractivity contribution >= 4 is 23.2 Å². The van der Waals surface area contributed by atoms with Gasteiger partial charge in [0, 0.05) is 12.3 Å². The van der Waals surface area contributed by atoms with Crippen LogP contribution in [0.2, 0.25) is 0 Å². The lowest BCUT2D eigenvalue weighted by molar-refractivity contribution is -0.133. The van der Waals surface area contributed by atoms with Crippen LogP contribution in [0.1, 0.15) is 37.6 Å². The first kappa shape index (κ1) is 13.4. The van der Waals surface area contributed by atoms with E-state index in [1.165, 1.54) is 0 Å². The smallest absolute Gasteiger partial charge is 0.256 e. The summed E-state index contributed by atoms with van der Waals surface area (Å²) in [5.41, 5.74) is 0.985. The van der Waals surface area contributed by atoms with Crippen LogP contribution in [-0.4, -0.2) is 18.1 Å². The summed E-state index contributed by atoms with van der Waals surface area (Å²) in [6.07, 6.45) is 1.69. The van der Waals surface area contributed by atoms with Gasteiger partial charge in [-0.2, -0.15) is 0 Å². The lowest BCUT2D eigenvalue weighted by atomic mass is 10.0. The molecule has 98 valence electrons. The molecule has 0 spiro atoms. The van der Waals surface area contributed by atoms with Gasteiger partial charge in [-0.1, -0.05) is 18.2 Å². The Labute approximate surface area is 112 Å². The van der Waals surface area contributed by atoms with Crippen molar-refractivity contribution in [1.82, 2.24) is 0 Å². The molecule has 1 fully saturated rings. The van der Waals surface area contributed by atoms with Crippen molar-refractivity contribution in [3.8, 4) is 0 Å². The Balaban J connectivity index is 2.16. The Bertz CT molecular complexity index is 439. The summed E-state index contributed by atoms with van der Waals surface area (Å²) in [7, 11) is 0. The molecule has 1 saturated heterocycles. The van der Waals surface area contributed by atoms with Gasteiger partial charge in [0.15, 0.2) is 0 Å². The minimum absolute atomic E-state index is 0.0928. The van der Waals surface area contributed by atoms with E-state index in [0.29, 0.717) is 6.61 Å². The number of halogens is 1. The summed E-state index contributed by atoms with van der Waals surface area (Å²) in [5.74, 6) is -0.0928. The van der Waals surface area contributed by atoms with Crippen molar-refractivity contribution in [2.45, 2.75) is 37.7 Å². The van der Waals surface area contributed by atoms with Crippen LogP contribution in [0.3, 0.4) is 0 Å². The van der Waals surface area contributed by atoms with Crippen molar-refractivity contribution < 1.29 is 9.53 Å². The fourth-order valence-electron chi connectivity index (χ4n) is 2.17. The van der Waals surface area contributed by atoms with E-state index in [1.54, 1.807) is 0 Å². The SMILES string of the molecule is CC(Cl)c1ccccc1NC(=O)C1(C)CCCO1. The molecule has 4 heteroatoms. The summed E-state index contributed by atoms with van der Waals surface area (Å²) in [5, 5.41) is 2.79. The maximum Gasteiger partial charge on any atom is 0.256 e. The van der Waals surface area contributed by atoms with Gasteiger partial charge in [0.05, 0.1) is 5.38 Å². The van der Waals surface area contributed by atoms with E-state index < -0.39 is 5.60 Å². The molecule has 0 radical (unpaired) electrons. The lowest BCUT2D eigenvalue weighted by Gasteiger charge is -2.23. The molecule has 1 aliphatic heterocycles. The summed E-state index contributed by atoms with van der Waals surface area (Å²) in [4.78, 5) is 12.2. The topological polar surface area (TPSA) is 38.3 Å². The average molecular weight is 268 g/mol. The van der Waals surface area contributed by atoms with E-state index in [-0.39, 0.29) is 11.3 Å². The van der Waals surface area contributed by atoms with Crippen molar-refractivity contribution in [3.05, 3.63) is 29.8 Å². The maximum absolute atomic E-state index is 12.2. The average Bonchev–Trinajstić information content (AvgIpc) is 2.78. The second kappa shape index (κ2) is 5.29. The second-order valence-electron chi connectivity index (χ2n) is 4.84. The molecule has 1 N–H and O–H groups in total. The van der Waals surface area contributed by atoms with Gasteiger partial charge in [-0.25, -0.2) is 0 Å². The summed E-state index contributed by atoms with van der Waals surface area (Å²) >= 11 is 6.10. The number of ether oxygens (including phenoxy) is 1. The first-order valence-corrected chi connectivity index (χ1v) is 6.65. The number of nitrogens with one attached hydrogen (secondary N) is 1. The molecule has 1 heterocycles. The number of hydrogen-bond acceptors (Lipinski definition) is 2. The lowest BCUT2D eigenvalue weighted by Crippen LogP contribution is -2.39. The van der Waals surface area contributed by atoms with Gasteiger partial charge < -0.3 is 10.1 Å². The molecular formula is C14H18ClNO2. The number of anilines is 1. The molecule has 1 aliphatic rings. The van der Waals surface area contributed by atoms with E-state index in [9.17, 15) is 4.79 Å². The summed E-state index contributed by atoms with van der Waals surface area (Å²) < 4.78 is 5.53. The van der Waals surface area contributed by atoms with E-state index in [1.807, 2.05) is 38.1 Å². The molecule has 2 rings (SSSR count). The third-order valence-corrected chi connectivity index (χ3v) is 3.57. The van der Waals surface area contributed by atoms with Gasteiger partial charge >= 0.3 is 0 Å². The largest absolute Gasteiger partial charge is 0.365 e. The van der Waals surface area contributed by atoms with Crippen molar-refractivity contribution in [2.24, 2.45) is 0 Å². The highest BCUT2D eigenvalue weighted by molar-refractivity contribution is 6.21. The molecule has 0 saturated carbocycles. The number of carbonyl (C=O) groups excluding carboxylic acids is 1. The van der Waals surface area contributed by atoms with E-state index in [2.05, 4.69) is 5.32 Å². The quantitative estimate of drug-likeness (QED) is 0.852. The molecular weight excluding hydrogens is 250 g/mol. The molecule has 0 aliphatic carbocycles. The number of rotatable bonds is 3. The molecule has 2 unspecified atom stereocenters. The number of alkyl halides is 1. The predicted octanol–water partition coefficient (Wildman–Crippen LogP) is 3.49. The zero-order valence-corrected chi connectivity index (χ0v) is 11.5. The molecule has 2 atom stereocenters. The van der Waals surface area contributed by atoms with Gasteiger partial charge in [0.2, 0.25) is 0 Å². The number of benzene rings is 1. The van der Waals surface area contributed by atoms with Gasteiger partial charge in [0.1, 0.15) is 5.60 Å². The normalized spacial score (nSPS) is 24.8. The van der Waals surface area contributed by atoms with Gasteiger partial charge in [-0.15, -0.1) is 11.6 Å². The highest BCUT2D eigenvalue weighted by Crippen LogP contribution is 2.30. The predicted molar refractivity (Wildman–Crippen MR) is 72.9 cm³/mol. The van der Waals surface area contributed by atoms with Crippen LogP contribution in [0.4, 0.5) is 5.69 Å². The molecule has 1 aromatic rings. The van der Waals surface area contributed by atoms with Crippen LogP contribution < -0.4 is 5.32 Å². The summed E-state index contributed by atoms with van der Waals surface area (Å²) in [6, 6.07) is 7.59. The molecule has 1 aromatic carbocycles. The number of amides is 1. The highest BCUT2D eigenvalue weighted by Gasteiger charge is 2.37. The highest BCUT2D eigenvalue weighted by atomic mass is 35.5. The van der Waals surface area contributed by atoms with Gasteiger partial charge in [-0.05, 0) is 38.3 Å². The maximum atomic E-state index is 12.2. The van der Waals surface area contributed by atoms with Crippen LogP contribution in [0.15, 0.2) is 24.3 Å². The van der Waals surface area contributed by atoms with E-state index in [4.69, 9.17) is 16.3 Å². The van der Waals surface area contributed by atoms with E-state index in [0.717, 1.165) is 24.1 Å². The third kappa shape index (κ3) is 2.68. The van der Waals surface area contributed by atoms with Crippen LogP contribution >= 0.6 is 11.6 Å². The van der Waals surface area contributed by atoms with Crippen LogP contribution in [-0.2, 0) is 9.53 Å². The van der Waals surface area contributed by atoms with E-state index >= 15 is 0 Å². The number of hydrogen-bond donors (Lipinski definition) is 1. The van der Waals surface area contributed by atoms with Crippen LogP contribution in [0, 0.1) is 0 Å². The molecule has 0 aromatic heterocycles. The van der Waals surface area contributed by atoms with Gasteiger partial charge in [0.25, 0.3) is 5.91 Å². The van der Waals surface area contributed by atoms with Crippen molar-refractivity contribution in [2.75, 3.05) is 11.9 Å².